The third-order valence-electron chi connectivity index (χ3n) is 4.84. The summed E-state index contributed by atoms with van der Waals surface area (Å²) >= 11 is 1.51. The average Bonchev–Trinajstić information content (AvgIpc) is 3.26. The van der Waals surface area contributed by atoms with Crippen LogP contribution in [-0.2, 0) is 11.2 Å². The number of H-pyrrole nitrogens is 1. The van der Waals surface area contributed by atoms with Crippen molar-refractivity contribution >= 4 is 27.5 Å². The fourth-order valence-corrected chi connectivity index (χ4v) is 4.33. The van der Waals surface area contributed by atoms with Gasteiger partial charge in [0.25, 0.3) is 5.56 Å². The SMILES string of the molecule is CCN1CC(c2nc(Cc3nc4sc(C)c(C)c4c(=O)[nH]3)no2)CC1=O. The van der Waals surface area contributed by atoms with E-state index in [1.807, 2.05) is 20.8 Å². The topological polar surface area (TPSA) is 105 Å². The molecule has 0 spiro atoms. The maximum Gasteiger partial charge on any atom is 0.259 e. The van der Waals surface area contributed by atoms with Crippen molar-refractivity contribution in [2.75, 3.05) is 13.1 Å². The first-order chi connectivity index (χ1) is 12.5. The molecule has 1 saturated heterocycles. The van der Waals surface area contributed by atoms with Gasteiger partial charge in [-0.25, -0.2) is 4.98 Å². The molecule has 3 aromatic heterocycles. The summed E-state index contributed by atoms with van der Waals surface area (Å²) in [5.74, 6) is 1.47. The molecule has 1 N–H and O–H groups in total. The lowest BCUT2D eigenvalue weighted by atomic mass is 10.1. The molecule has 0 aromatic carbocycles. The second-order valence-electron chi connectivity index (χ2n) is 6.54. The van der Waals surface area contributed by atoms with E-state index >= 15 is 0 Å². The number of thiophene rings is 1. The number of nitrogens with zero attached hydrogens (tertiary/aromatic N) is 4. The second-order valence-corrected chi connectivity index (χ2v) is 7.74. The zero-order chi connectivity index (χ0) is 18.4. The molecule has 9 heteroatoms. The molecule has 1 unspecified atom stereocenters. The van der Waals surface area contributed by atoms with Crippen LogP contribution < -0.4 is 5.56 Å². The number of hydrogen-bond acceptors (Lipinski definition) is 7. The Balaban J connectivity index is 1.57. The molecular weight excluding hydrogens is 354 g/mol. The fraction of sp³-hybridized carbons (Fsp3) is 0.471. The average molecular weight is 373 g/mol. The lowest BCUT2D eigenvalue weighted by molar-refractivity contribution is -0.127. The molecule has 1 atom stereocenters. The summed E-state index contributed by atoms with van der Waals surface area (Å²) in [4.78, 5) is 39.6. The quantitative estimate of drug-likeness (QED) is 0.749. The number of carbonyl (C=O) groups is 1. The van der Waals surface area contributed by atoms with E-state index in [0.29, 0.717) is 42.4 Å². The number of nitrogens with one attached hydrogen (secondary N) is 1. The van der Waals surface area contributed by atoms with Gasteiger partial charge in [0.15, 0.2) is 5.82 Å². The maximum atomic E-state index is 12.3. The molecule has 0 saturated carbocycles. The maximum absolute atomic E-state index is 12.3. The van der Waals surface area contributed by atoms with Gasteiger partial charge in [-0.2, -0.15) is 4.98 Å². The number of rotatable bonds is 4. The van der Waals surface area contributed by atoms with Crippen LogP contribution in [0.4, 0.5) is 0 Å². The van der Waals surface area contributed by atoms with Crippen molar-refractivity contribution < 1.29 is 9.32 Å². The summed E-state index contributed by atoms with van der Waals surface area (Å²) in [5, 5.41) is 4.64. The Morgan fingerprint density at radius 2 is 2.12 bits per heavy atom. The normalized spacial score (nSPS) is 17.6. The largest absolute Gasteiger partial charge is 0.342 e. The second kappa shape index (κ2) is 6.31. The zero-order valence-corrected chi connectivity index (χ0v) is 15.6. The number of fused-ring (bicyclic) bond motifs is 1. The summed E-state index contributed by atoms with van der Waals surface area (Å²) in [7, 11) is 0. The monoisotopic (exact) mass is 373 g/mol. The molecule has 136 valence electrons. The number of aromatic amines is 1. The molecule has 0 bridgehead atoms. The van der Waals surface area contributed by atoms with Gasteiger partial charge in [-0.05, 0) is 26.3 Å². The predicted octanol–water partition coefficient (Wildman–Crippen LogP) is 1.91. The van der Waals surface area contributed by atoms with E-state index in [2.05, 4.69) is 20.1 Å². The Kier molecular flexibility index (Phi) is 4.10. The highest BCUT2D eigenvalue weighted by Crippen LogP contribution is 2.28. The van der Waals surface area contributed by atoms with E-state index < -0.39 is 0 Å². The van der Waals surface area contributed by atoms with Crippen LogP contribution in [-0.4, -0.2) is 44.0 Å². The van der Waals surface area contributed by atoms with Crippen molar-refractivity contribution in [2.45, 2.75) is 39.5 Å². The molecule has 0 aliphatic carbocycles. The summed E-state index contributed by atoms with van der Waals surface area (Å²) in [6.07, 6.45) is 0.674. The number of aryl methyl sites for hydroxylation is 2. The number of aromatic nitrogens is 4. The summed E-state index contributed by atoms with van der Waals surface area (Å²) in [6, 6.07) is 0. The summed E-state index contributed by atoms with van der Waals surface area (Å²) in [6.45, 7) is 7.14. The number of likely N-dealkylation sites (N-methyl/N-ethyl adjacent to an activating group) is 1. The van der Waals surface area contributed by atoms with Crippen LogP contribution in [0.25, 0.3) is 10.2 Å². The minimum Gasteiger partial charge on any atom is -0.342 e. The molecule has 0 radical (unpaired) electrons. The van der Waals surface area contributed by atoms with Gasteiger partial charge in [0.2, 0.25) is 11.8 Å². The van der Waals surface area contributed by atoms with Gasteiger partial charge in [0, 0.05) is 24.4 Å². The third-order valence-corrected chi connectivity index (χ3v) is 5.94. The smallest absolute Gasteiger partial charge is 0.259 e. The van der Waals surface area contributed by atoms with Gasteiger partial charge in [-0.3, -0.25) is 9.59 Å². The van der Waals surface area contributed by atoms with Gasteiger partial charge in [0.05, 0.1) is 17.7 Å². The first-order valence-corrected chi connectivity index (χ1v) is 9.37. The Bertz CT molecular complexity index is 1050. The molecule has 1 fully saturated rings. The molecule has 3 aromatic rings. The first kappa shape index (κ1) is 16.9. The van der Waals surface area contributed by atoms with E-state index in [1.54, 1.807) is 4.90 Å². The molecule has 8 nitrogen and oxygen atoms in total. The summed E-state index contributed by atoms with van der Waals surface area (Å²) in [5.41, 5.74) is 0.828. The van der Waals surface area contributed by atoms with Crippen LogP contribution in [0.2, 0.25) is 0 Å². The van der Waals surface area contributed by atoms with E-state index in [1.165, 1.54) is 11.3 Å². The van der Waals surface area contributed by atoms with Gasteiger partial charge in [0.1, 0.15) is 10.7 Å². The third kappa shape index (κ3) is 2.82. The Labute approximate surface area is 153 Å². The number of likely N-dealkylation sites (tertiary alicyclic amines) is 1. The molecular formula is C17H19N5O3S. The van der Waals surface area contributed by atoms with Crippen molar-refractivity contribution in [3.8, 4) is 0 Å². The lowest BCUT2D eigenvalue weighted by Gasteiger charge is -2.11. The highest BCUT2D eigenvalue weighted by Gasteiger charge is 2.33. The van der Waals surface area contributed by atoms with Gasteiger partial charge in [-0.15, -0.1) is 11.3 Å². The van der Waals surface area contributed by atoms with Crippen molar-refractivity contribution in [1.82, 2.24) is 25.0 Å². The van der Waals surface area contributed by atoms with Gasteiger partial charge < -0.3 is 14.4 Å². The van der Waals surface area contributed by atoms with Crippen LogP contribution in [0.15, 0.2) is 9.32 Å². The van der Waals surface area contributed by atoms with Crippen molar-refractivity contribution in [1.29, 1.82) is 0 Å². The number of hydrogen-bond donors (Lipinski definition) is 1. The minimum absolute atomic E-state index is 0.0687. The highest BCUT2D eigenvalue weighted by atomic mass is 32.1. The van der Waals surface area contributed by atoms with Crippen LogP contribution in [0.5, 0.6) is 0 Å². The molecule has 1 amide bonds. The van der Waals surface area contributed by atoms with E-state index in [9.17, 15) is 9.59 Å². The molecule has 1 aliphatic heterocycles. The first-order valence-electron chi connectivity index (χ1n) is 8.55. The van der Waals surface area contributed by atoms with Crippen molar-refractivity contribution in [3.05, 3.63) is 38.3 Å². The van der Waals surface area contributed by atoms with Crippen LogP contribution >= 0.6 is 11.3 Å². The standard InChI is InChI=1S/C17H19N5O3S/c1-4-22-7-10(5-13(22)23)16-19-12(21-25-16)6-11-18-15(24)14-8(2)9(3)26-17(14)20-11/h10H,4-7H2,1-3H3,(H,18,20,24). The Morgan fingerprint density at radius 3 is 2.85 bits per heavy atom. The van der Waals surface area contributed by atoms with E-state index in [-0.39, 0.29) is 23.8 Å². The molecule has 26 heavy (non-hydrogen) atoms. The van der Waals surface area contributed by atoms with Crippen LogP contribution in [0.1, 0.15) is 47.2 Å². The van der Waals surface area contributed by atoms with Gasteiger partial charge in [-0.1, -0.05) is 5.16 Å². The molecule has 1 aliphatic rings. The summed E-state index contributed by atoms with van der Waals surface area (Å²) < 4.78 is 5.35. The highest BCUT2D eigenvalue weighted by molar-refractivity contribution is 7.18. The zero-order valence-electron chi connectivity index (χ0n) is 14.8. The number of amides is 1. The number of carbonyl (C=O) groups excluding carboxylic acids is 1. The van der Waals surface area contributed by atoms with E-state index in [4.69, 9.17) is 4.52 Å². The molecule has 4 rings (SSSR count). The Morgan fingerprint density at radius 1 is 1.31 bits per heavy atom. The fourth-order valence-electron chi connectivity index (χ4n) is 3.28. The van der Waals surface area contributed by atoms with Crippen molar-refractivity contribution in [3.63, 3.8) is 0 Å². The van der Waals surface area contributed by atoms with Crippen LogP contribution in [0.3, 0.4) is 0 Å². The minimum atomic E-state index is -0.143. The predicted molar refractivity (Wildman–Crippen MR) is 96.4 cm³/mol. The van der Waals surface area contributed by atoms with Gasteiger partial charge >= 0.3 is 0 Å². The Hall–Kier alpha value is -2.55. The van der Waals surface area contributed by atoms with Crippen LogP contribution in [0, 0.1) is 13.8 Å². The van der Waals surface area contributed by atoms with E-state index in [0.717, 1.165) is 15.3 Å². The lowest BCUT2D eigenvalue weighted by Crippen LogP contribution is -2.24. The molecule has 4 heterocycles. The van der Waals surface area contributed by atoms with Crippen molar-refractivity contribution in [2.24, 2.45) is 0 Å².